The van der Waals surface area contributed by atoms with Crippen molar-refractivity contribution in [1.82, 2.24) is 5.32 Å². The molecule has 2 N–H and O–H groups in total. The van der Waals surface area contributed by atoms with Gasteiger partial charge in [-0.3, -0.25) is 4.79 Å². The molecule has 1 unspecified atom stereocenters. The Balaban J connectivity index is 3.33. The van der Waals surface area contributed by atoms with Crippen molar-refractivity contribution in [3.8, 4) is 0 Å². The Morgan fingerprint density at radius 2 is 1.67 bits per heavy atom. The summed E-state index contributed by atoms with van der Waals surface area (Å²) in [5, 5.41) is 11.7. The SMILES string of the molecule is CCCCCCCCCCC(C)OC(=O)CCNCCOCCO. The van der Waals surface area contributed by atoms with Gasteiger partial charge in [0.25, 0.3) is 0 Å². The average Bonchev–Trinajstić information content (AvgIpc) is 2.56. The first-order valence-corrected chi connectivity index (χ1v) is 9.79. The number of rotatable bonds is 18. The minimum atomic E-state index is -0.133. The van der Waals surface area contributed by atoms with Crippen molar-refractivity contribution in [2.75, 3.05) is 32.9 Å². The van der Waals surface area contributed by atoms with E-state index in [0.717, 1.165) is 12.8 Å². The molecule has 0 radical (unpaired) electrons. The van der Waals surface area contributed by atoms with Crippen LogP contribution in [0.1, 0.15) is 78.1 Å². The maximum Gasteiger partial charge on any atom is 0.307 e. The van der Waals surface area contributed by atoms with Crippen molar-refractivity contribution in [2.45, 2.75) is 84.2 Å². The van der Waals surface area contributed by atoms with Crippen LogP contribution >= 0.6 is 0 Å². The van der Waals surface area contributed by atoms with E-state index in [1.807, 2.05) is 6.92 Å². The fourth-order valence-corrected chi connectivity index (χ4v) is 2.53. The molecule has 0 amide bonds. The lowest BCUT2D eigenvalue weighted by atomic mass is 10.1. The first-order chi connectivity index (χ1) is 11.7. The monoisotopic (exact) mass is 345 g/mol. The highest BCUT2D eigenvalue weighted by molar-refractivity contribution is 5.69. The summed E-state index contributed by atoms with van der Waals surface area (Å²) in [7, 11) is 0. The minimum absolute atomic E-state index is 0.0190. The standard InChI is InChI=1S/C19H39NO4/c1-3-4-5-6-7-8-9-10-11-18(2)24-19(22)12-13-20-14-16-23-17-15-21/h18,20-21H,3-17H2,1-2H3. The molecule has 1 atom stereocenters. The van der Waals surface area contributed by atoms with E-state index in [1.165, 1.54) is 44.9 Å². The lowest BCUT2D eigenvalue weighted by Gasteiger charge is -2.13. The maximum absolute atomic E-state index is 11.7. The first-order valence-electron chi connectivity index (χ1n) is 9.79. The van der Waals surface area contributed by atoms with E-state index in [-0.39, 0.29) is 18.7 Å². The fourth-order valence-electron chi connectivity index (χ4n) is 2.53. The summed E-state index contributed by atoms with van der Waals surface area (Å²) in [6.07, 6.45) is 11.8. The predicted molar refractivity (Wildman–Crippen MR) is 98.2 cm³/mol. The zero-order valence-corrected chi connectivity index (χ0v) is 15.9. The Morgan fingerprint density at radius 3 is 2.33 bits per heavy atom. The summed E-state index contributed by atoms with van der Waals surface area (Å²) in [5.74, 6) is -0.133. The van der Waals surface area contributed by atoms with Crippen molar-refractivity contribution in [1.29, 1.82) is 0 Å². The Labute approximate surface area is 148 Å². The normalized spacial score (nSPS) is 12.3. The van der Waals surface area contributed by atoms with Crippen LogP contribution in [0.4, 0.5) is 0 Å². The maximum atomic E-state index is 11.7. The summed E-state index contributed by atoms with van der Waals surface area (Å²) < 4.78 is 10.5. The second-order valence-corrected chi connectivity index (χ2v) is 6.40. The van der Waals surface area contributed by atoms with Gasteiger partial charge in [-0.1, -0.05) is 51.9 Å². The molecule has 0 heterocycles. The number of ether oxygens (including phenoxy) is 2. The zero-order valence-electron chi connectivity index (χ0n) is 15.9. The number of carbonyl (C=O) groups is 1. The van der Waals surface area contributed by atoms with E-state index in [2.05, 4.69) is 12.2 Å². The van der Waals surface area contributed by atoms with Gasteiger partial charge in [0.05, 0.1) is 32.3 Å². The van der Waals surface area contributed by atoms with Gasteiger partial charge in [0, 0.05) is 13.1 Å². The van der Waals surface area contributed by atoms with Crippen LogP contribution < -0.4 is 5.32 Å². The molecular weight excluding hydrogens is 306 g/mol. The van der Waals surface area contributed by atoms with Crippen LogP contribution in [-0.4, -0.2) is 50.1 Å². The van der Waals surface area contributed by atoms with Crippen LogP contribution in [0.25, 0.3) is 0 Å². The molecule has 5 nitrogen and oxygen atoms in total. The summed E-state index contributed by atoms with van der Waals surface area (Å²) in [6, 6.07) is 0. The average molecular weight is 346 g/mol. The fraction of sp³-hybridized carbons (Fsp3) is 0.947. The van der Waals surface area contributed by atoms with Gasteiger partial charge in [-0.2, -0.15) is 0 Å². The van der Waals surface area contributed by atoms with Crippen LogP contribution in [0, 0.1) is 0 Å². The molecule has 5 heteroatoms. The van der Waals surface area contributed by atoms with Gasteiger partial charge in [-0.05, 0) is 19.8 Å². The number of hydrogen-bond donors (Lipinski definition) is 2. The lowest BCUT2D eigenvalue weighted by Crippen LogP contribution is -2.25. The highest BCUT2D eigenvalue weighted by Gasteiger charge is 2.08. The second kappa shape index (κ2) is 18.7. The summed E-state index contributed by atoms with van der Waals surface area (Å²) >= 11 is 0. The third-order valence-corrected chi connectivity index (χ3v) is 3.96. The van der Waals surface area contributed by atoms with E-state index in [0.29, 0.717) is 32.7 Å². The summed E-state index contributed by atoms with van der Waals surface area (Å²) in [4.78, 5) is 11.7. The van der Waals surface area contributed by atoms with Crippen LogP contribution in [-0.2, 0) is 14.3 Å². The molecule has 0 aliphatic rings. The van der Waals surface area contributed by atoms with Crippen LogP contribution in [0.3, 0.4) is 0 Å². The third kappa shape index (κ3) is 17.7. The van der Waals surface area contributed by atoms with Crippen molar-refractivity contribution < 1.29 is 19.4 Å². The Morgan fingerprint density at radius 1 is 1.00 bits per heavy atom. The Bertz CT molecular complexity index is 274. The molecule has 0 spiro atoms. The van der Waals surface area contributed by atoms with E-state index in [9.17, 15) is 4.79 Å². The number of unbranched alkanes of at least 4 members (excludes halogenated alkanes) is 7. The van der Waals surface area contributed by atoms with Gasteiger partial charge in [-0.25, -0.2) is 0 Å². The van der Waals surface area contributed by atoms with Crippen molar-refractivity contribution in [3.63, 3.8) is 0 Å². The zero-order chi connectivity index (χ0) is 17.9. The Kier molecular flexibility index (Phi) is 18.2. The number of carbonyl (C=O) groups excluding carboxylic acids is 1. The molecule has 0 aromatic heterocycles. The van der Waals surface area contributed by atoms with Gasteiger partial charge in [0.1, 0.15) is 0 Å². The molecule has 0 rings (SSSR count). The molecule has 144 valence electrons. The lowest BCUT2D eigenvalue weighted by molar-refractivity contribution is -0.148. The third-order valence-electron chi connectivity index (χ3n) is 3.96. The number of esters is 1. The number of aliphatic hydroxyl groups excluding tert-OH is 1. The van der Waals surface area contributed by atoms with Crippen molar-refractivity contribution in [3.05, 3.63) is 0 Å². The highest BCUT2D eigenvalue weighted by Crippen LogP contribution is 2.12. The number of hydrogen-bond acceptors (Lipinski definition) is 5. The summed E-state index contributed by atoms with van der Waals surface area (Å²) in [6.45, 7) is 6.46. The number of nitrogens with one attached hydrogen (secondary N) is 1. The van der Waals surface area contributed by atoms with E-state index < -0.39 is 0 Å². The van der Waals surface area contributed by atoms with Crippen LogP contribution in [0.15, 0.2) is 0 Å². The second-order valence-electron chi connectivity index (χ2n) is 6.40. The summed E-state index contributed by atoms with van der Waals surface area (Å²) in [5.41, 5.74) is 0. The molecule has 0 aromatic carbocycles. The highest BCUT2D eigenvalue weighted by atomic mass is 16.5. The number of aliphatic hydroxyl groups is 1. The topological polar surface area (TPSA) is 67.8 Å². The minimum Gasteiger partial charge on any atom is -0.463 e. The smallest absolute Gasteiger partial charge is 0.307 e. The molecular formula is C19H39NO4. The van der Waals surface area contributed by atoms with Gasteiger partial charge in [0.2, 0.25) is 0 Å². The van der Waals surface area contributed by atoms with Gasteiger partial charge >= 0.3 is 5.97 Å². The van der Waals surface area contributed by atoms with Crippen molar-refractivity contribution >= 4 is 5.97 Å². The van der Waals surface area contributed by atoms with Gasteiger partial charge in [0.15, 0.2) is 0 Å². The van der Waals surface area contributed by atoms with E-state index in [4.69, 9.17) is 14.6 Å². The van der Waals surface area contributed by atoms with Gasteiger partial charge < -0.3 is 19.9 Å². The predicted octanol–water partition coefficient (Wildman–Crippen LogP) is 3.44. The molecule has 24 heavy (non-hydrogen) atoms. The largest absolute Gasteiger partial charge is 0.463 e. The van der Waals surface area contributed by atoms with Crippen LogP contribution in [0.2, 0.25) is 0 Å². The van der Waals surface area contributed by atoms with Crippen LogP contribution in [0.5, 0.6) is 0 Å². The molecule has 0 aromatic rings. The molecule has 0 saturated carbocycles. The van der Waals surface area contributed by atoms with E-state index >= 15 is 0 Å². The molecule has 0 fully saturated rings. The Hall–Kier alpha value is -0.650. The molecule has 0 aliphatic carbocycles. The molecule has 0 aliphatic heterocycles. The van der Waals surface area contributed by atoms with Gasteiger partial charge in [-0.15, -0.1) is 0 Å². The molecule has 0 bridgehead atoms. The first kappa shape index (κ1) is 23.4. The quantitative estimate of drug-likeness (QED) is 0.294. The van der Waals surface area contributed by atoms with Crippen molar-refractivity contribution in [2.24, 2.45) is 0 Å². The molecule has 0 saturated heterocycles. The van der Waals surface area contributed by atoms with E-state index in [1.54, 1.807) is 0 Å².